The zero-order chi connectivity index (χ0) is 7.28. The van der Waals surface area contributed by atoms with Crippen LogP contribution >= 0.6 is 0 Å². The molecule has 4 nitrogen and oxygen atoms in total. The second kappa shape index (κ2) is 4.29. The van der Waals surface area contributed by atoms with E-state index in [2.05, 4.69) is 4.74 Å². The molecule has 0 heterocycles. The van der Waals surface area contributed by atoms with E-state index in [0.717, 1.165) is 0 Å². The highest BCUT2D eigenvalue weighted by atomic mass is 16.5. The maximum absolute atomic E-state index is 9.91. The van der Waals surface area contributed by atoms with Gasteiger partial charge in [-0.25, -0.2) is 0 Å². The maximum Gasteiger partial charge on any atom is 0.303 e. The maximum atomic E-state index is 9.91. The number of aliphatic carboxylic acids is 1. The number of rotatable bonds is 4. The van der Waals surface area contributed by atoms with E-state index >= 15 is 0 Å². The first kappa shape index (κ1) is 8.39. The van der Waals surface area contributed by atoms with Crippen molar-refractivity contribution in [2.24, 2.45) is 5.73 Å². The van der Waals surface area contributed by atoms with E-state index in [4.69, 9.17) is 10.8 Å². The van der Waals surface area contributed by atoms with Crippen LogP contribution in [-0.4, -0.2) is 24.4 Å². The van der Waals surface area contributed by atoms with Gasteiger partial charge in [0.2, 0.25) is 0 Å². The minimum absolute atomic E-state index is 0.0645. The van der Waals surface area contributed by atoms with E-state index in [0.29, 0.717) is 6.42 Å². The van der Waals surface area contributed by atoms with Gasteiger partial charge in [-0.2, -0.15) is 0 Å². The highest BCUT2D eigenvalue weighted by Crippen LogP contribution is 1.93. The molecule has 0 aliphatic rings. The molecule has 0 aliphatic carbocycles. The predicted octanol–water partition coefficient (Wildman–Crippen LogP) is -0.218. The Morgan fingerprint density at radius 2 is 2.44 bits per heavy atom. The normalized spacial score (nSPS) is 13.1. The van der Waals surface area contributed by atoms with E-state index in [1.54, 1.807) is 0 Å². The van der Waals surface area contributed by atoms with Gasteiger partial charge in [0, 0.05) is 13.5 Å². The van der Waals surface area contributed by atoms with Crippen LogP contribution in [0.3, 0.4) is 0 Å². The number of carboxylic acids is 1. The molecule has 1 unspecified atom stereocenters. The smallest absolute Gasteiger partial charge is 0.303 e. The second-order valence-electron chi connectivity index (χ2n) is 1.71. The first-order chi connectivity index (χ1) is 4.16. The van der Waals surface area contributed by atoms with E-state index in [-0.39, 0.29) is 6.42 Å². The first-order valence-electron chi connectivity index (χ1n) is 2.67. The number of ether oxygens (including phenoxy) is 1. The zero-order valence-electron chi connectivity index (χ0n) is 5.33. The van der Waals surface area contributed by atoms with Crippen LogP contribution in [0.5, 0.6) is 0 Å². The van der Waals surface area contributed by atoms with Crippen molar-refractivity contribution in [3.05, 3.63) is 0 Å². The van der Waals surface area contributed by atoms with Gasteiger partial charge in [0.25, 0.3) is 0 Å². The zero-order valence-corrected chi connectivity index (χ0v) is 5.33. The summed E-state index contributed by atoms with van der Waals surface area (Å²) in [7, 11) is 1.45. The average molecular weight is 133 g/mol. The van der Waals surface area contributed by atoms with Crippen molar-refractivity contribution in [3.63, 3.8) is 0 Å². The molecule has 0 saturated carbocycles. The lowest BCUT2D eigenvalue weighted by Gasteiger charge is -2.05. The van der Waals surface area contributed by atoms with Gasteiger partial charge in [-0.15, -0.1) is 0 Å². The molecule has 0 amide bonds. The SMILES string of the molecule is COC(N)CCC(=O)O. The summed E-state index contributed by atoms with van der Waals surface area (Å²) in [5.41, 5.74) is 5.24. The molecule has 0 aromatic heterocycles. The molecular weight excluding hydrogens is 122 g/mol. The van der Waals surface area contributed by atoms with Crippen LogP contribution in [-0.2, 0) is 9.53 Å². The molecule has 3 N–H and O–H groups in total. The monoisotopic (exact) mass is 133 g/mol. The Morgan fingerprint density at radius 3 is 2.78 bits per heavy atom. The number of hydrogen-bond donors (Lipinski definition) is 2. The molecule has 0 bridgehead atoms. The largest absolute Gasteiger partial charge is 0.481 e. The molecule has 0 saturated heterocycles. The molecule has 0 radical (unpaired) electrons. The lowest BCUT2D eigenvalue weighted by atomic mass is 10.3. The summed E-state index contributed by atoms with van der Waals surface area (Å²) in [6.45, 7) is 0. The molecule has 1 atom stereocenters. The van der Waals surface area contributed by atoms with Gasteiger partial charge in [-0.3, -0.25) is 4.79 Å². The lowest BCUT2D eigenvalue weighted by Crippen LogP contribution is -2.22. The molecule has 54 valence electrons. The molecule has 0 aromatic rings. The molecular formula is C5H11NO3. The number of carboxylic acid groups (broad SMARTS) is 1. The minimum Gasteiger partial charge on any atom is -0.481 e. The van der Waals surface area contributed by atoms with Crippen molar-refractivity contribution < 1.29 is 14.6 Å². The fourth-order valence-corrected chi connectivity index (χ4v) is 0.384. The summed E-state index contributed by atoms with van der Waals surface area (Å²) in [4.78, 5) is 9.91. The summed E-state index contributed by atoms with van der Waals surface area (Å²) < 4.78 is 4.62. The van der Waals surface area contributed by atoms with Gasteiger partial charge in [0.15, 0.2) is 0 Å². The van der Waals surface area contributed by atoms with Crippen LogP contribution in [0.15, 0.2) is 0 Å². The summed E-state index contributed by atoms with van der Waals surface area (Å²) >= 11 is 0. The van der Waals surface area contributed by atoms with Gasteiger partial charge in [0.1, 0.15) is 6.23 Å². The van der Waals surface area contributed by atoms with Crippen LogP contribution < -0.4 is 5.73 Å². The Labute approximate surface area is 53.6 Å². The Bertz CT molecular complexity index is 94.2. The van der Waals surface area contributed by atoms with Gasteiger partial charge < -0.3 is 15.6 Å². The quantitative estimate of drug-likeness (QED) is 0.520. The highest BCUT2D eigenvalue weighted by Gasteiger charge is 2.02. The van der Waals surface area contributed by atoms with Crippen molar-refractivity contribution >= 4 is 5.97 Å². The number of carbonyl (C=O) groups is 1. The summed E-state index contributed by atoms with van der Waals surface area (Å²) in [5, 5.41) is 8.15. The third-order valence-corrected chi connectivity index (χ3v) is 0.945. The van der Waals surface area contributed by atoms with Gasteiger partial charge >= 0.3 is 5.97 Å². The fraction of sp³-hybridized carbons (Fsp3) is 0.800. The second-order valence-corrected chi connectivity index (χ2v) is 1.71. The van der Waals surface area contributed by atoms with Crippen molar-refractivity contribution in [1.82, 2.24) is 0 Å². The third kappa shape index (κ3) is 5.26. The summed E-state index contributed by atoms with van der Waals surface area (Å²) in [6.07, 6.45) is -0.0120. The average Bonchev–Trinajstić information content (AvgIpc) is 1.83. The van der Waals surface area contributed by atoms with Gasteiger partial charge in [-0.05, 0) is 6.42 Å². The van der Waals surface area contributed by atoms with Gasteiger partial charge in [0.05, 0.1) is 0 Å². The molecule has 0 fully saturated rings. The lowest BCUT2D eigenvalue weighted by molar-refractivity contribution is -0.137. The first-order valence-corrected chi connectivity index (χ1v) is 2.67. The van der Waals surface area contributed by atoms with Crippen LogP contribution in [0.4, 0.5) is 0 Å². The van der Waals surface area contributed by atoms with E-state index in [9.17, 15) is 4.79 Å². The van der Waals surface area contributed by atoms with Crippen molar-refractivity contribution in [1.29, 1.82) is 0 Å². The Kier molecular flexibility index (Phi) is 4.00. The molecule has 9 heavy (non-hydrogen) atoms. The Morgan fingerprint density at radius 1 is 1.89 bits per heavy atom. The summed E-state index contributed by atoms with van der Waals surface area (Å²) in [5.74, 6) is -0.845. The van der Waals surface area contributed by atoms with Crippen molar-refractivity contribution in [3.8, 4) is 0 Å². The Balaban J connectivity index is 3.16. The van der Waals surface area contributed by atoms with Crippen LogP contribution in [0, 0.1) is 0 Å². The summed E-state index contributed by atoms with van der Waals surface area (Å²) in [6, 6.07) is 0. The minimum atomic E-state index is -0.845. The van der Waals surface area contributed by atoms with Crippen molar-refractivity contribution in [2.75, 3.05) is 7.11 Å². The third-order valence-electron chi connectivity index (χ3n) is 0.945. The number of nitrogens with two attached hydrogens (primary N) is 1. The highest BCUT2D eigenvalue weighted by molar-refractivity contribution is 5.66. The van der Waals surface area contributed by atoms with Crippen LogP contribution in [0.1, 0.15) is 12.8 Å². The van der Waals surface area contributed by atoms with Crippen LogP contribution in [0.2, 0.25) is 0 Å². The molecule has 4 heteroatoms. The topological polar surface area (TPSA) is 72.5 Å². The van der Waals surface area contributed by atoms with Crippen molar-refractivity contribution in [2.45, 2.75) is 19.1 Å². The van der Waals surface area contributed by atoms with Crippen LogP contribution in [0.25, 0.3) is 0 Å². The van der Waals surface area contributed by atoms with Gasteiger partial charge in [-0.1, -0.05) is 0 Å². The molecule has 0 spiro atoms. The number of hydrogen-bond acceptors (Lipinski definition) is 3. The molecule has 0 aromatic carbocycles. The number of methoxy groups -OCH3 is 1. The standard InChI is InChI=1S/C5H11NO3/c1-9-4(6)2-3-5(7)8/h4H,2-3,6H2,1H3,(H,7,8). The van der Waals surface area contributed by atoms with E-state index < -0.39 is 12.2 Å². The Hall–Kier alpha value is -0.610. The van der Waals surface area contributed by atoms with E-state index in [1.807, 2.05) is 0 Å². The molecule has 0 aliphatic heterocycles. The van der Waals surface area contributed by atoms with E-state index in [1.165, 1.54) is 7.11 Å². The fourth-order valence-electron chi connectivity index (χ4n) is 0.384. The molecule has 0 rings (SSSR count). The predicted molar refractivity (Wildman–Crippen MR) is 31.9 cm³/mol.